The second-order valence-corrected chi connectivity index (χ2v) is 7.52. The molecule has 0 bridgehead atoms. The van der Waals surface area contributed by atoms with Gasteiger partial charge in [0.2, 0.25) is 0 Å². The van der Waals surface area contributed by atoms with Gasteiger partial charge in [-0.2, -0.15) is 0 Å². The van der Waals surface area contributed by atoms with E-state index in [9.17, 15) is 0 Å². The summed E-state index contributed by atoms with van der Waals surface area (Å²) in [7, 11) is 0. The summed E-state index contributed by atoms with van der Waals surface area (Å²) in [4.78, 5) is 2.83. The largest absolute Gasteiger partial charge is 0.378 e. The fourth-order valence-corrected chi connectivity index (χ4v) is 4.32. The Balaban J connectivity index is 1.52. The van der Waals surface area contributed by atoms with Gasteiger partial charge in [0.05, 0.1) is 6.10 Å². The van der Waals surface area contributed by atoms with Gasteiger partial charge in [-0.15, -0.1) is 0 Å². The van der Waals surface area contributed by atoms with Crippen molar-refractivity contribution >= 4 is 0 Å². The molecule has 2 heterocycles. The van der Waals surface area contributed by atoms with Crippen LogP contribution in [0.3, 0.4) is 0 Å². The maximum Gasteiger partial charge on any atom is 0.0576 e. The molecule has 3 aliphatic rings. The smallest absolute Gasteiger partial charge is 0.0576 e. The quantitative estimate of drug-likeness (QED) is 0.780. The van der Waals surface area contributed by atoms with Gasteiger partial charge in [-0.3, -0.25) is 4.90 Å². The minimum absolute atomic E-state index is 0.370. The van der Waals surface area contributed by atoms with Gasteiger partial charge in [0.25, 0.3) is 0 Å². The molecule has 0 spiro atoms. The fraction of sp³-hybridized carbons (Fsp3) is 1.00. The van der Waals surface area contributed by atoms with E-state index in [1.165, 1.54) is 71.0 Å². The molecule has 0 radical (unpaired) electrons. The molecule has 0 amide bonds. The Morgan fingerprint density at radius 1 is 1.19 bits per heavy atom. The lowest BCUT2D eigenvalue weighted by Crippen LogP contribution is -2.64. The Kier molecular flexibility index (Phi) is 5.23. The minimum Gasteiger partial charge on any atom is -0.378 e. The summed E-state index contributed by atoms with van der Waals surface area (Å²) in [6, 6.07) is 0.806. The van der Waals surface area contributed by atoms with Crippen LogP contribution in [0.5, 0.6) is 0 Å². The average Bonchev–Trinajstić information content (AvgIpc) is 3.23. The van der Waals surface area contributed by atoms with Crippen molar-refractivity contribution in [3.8, 4) is 0 Å². The number of nitrogens with one attached hydrogen (secondary N) is 1. The van der Waals surface area contributed by atoms with Gasteiger partial charge in [0.15, 0.2) is 0 Å². The van der Waals surface area contributed by atoms with Crippen molar-refractivity contribution in [2.45, 2.75) is 82.9 Å². The molecule has 2 aliphatic heterocycles. The van der Waals surface area contributed by atoms with E-state index in [0.717, 1.165) is 18.6 Å². The Morgan fingerprint density at radius 2 is 2.00 bits per heavy atom. The van der Waals surface area contributed by atoms with Crippen LogP contribution in [0.2, 0.25) is 0 Å². The number of piperazine rings is 1. The van der Waals surface area contributed by atoms with Crippen LogP contribution in [0.15, 0.2) is 0 Å². The van der Waals surface area contributed by atoms with E-state index in [1.54, 1.807) is 0 Å². The Bertz CT molecular complexity index is 319. The summed E-state index contributed by atoms with van der Waals surface area (Å²) >= 11 is 0. The number of rotatable bonds is 7. The predicted molar refractivity (Wildman–Crippen MR) is 87.6 cm³/mol. The normalized spacial score (nSPS) is 33.4. The molecule has 21 heavy (non-hydrogen) atoms. The first-order chi connectivity index (χ1) is 10.3. The van der Waals surface area contributed by atoms with Crippen molar-refractivity contribution in [3.05, 3.63) is 0 Å². The highest BCUT2D eigenvalue weighted by atomic mass is 16.5. The number of hydrogen-bond donors (Lipinski definition) is 1. The van der Waals surface area contributed by atoms with Crippen LogP contribution in [0.4, 0.5) is 0 Å². The Morgan fingerprint density at radius 3 is 2.62 bits per heavy atom. The van der Waals surface area contributed by atoms with Crippen LogP contribution in [-0.4, -0.2) is 48.8 Å². The van der Waals surface area contributed by atoms with Crippen molar-refractivity contribution in [2.75, 3.05) is 26.2 Å². The zero-order chi connectivity index (χ0) is 14.7. The molecule has 3 rings (SSSR count). The molecule has 1 aliphatic carbocycles. The maximum absolute atomic E-state index is 5.78. The molecule has 3 heteroatoms. The maximum atomic E-state index is 5.78. The zero-order valence-electron chi connectivity index (χ0n) is 14.1. The van der Waals surface area contributed by atoms with E-state index in [-0.39, 0.29) is 0 Å². The monoisotopic (exact) mass is 294 g/mol. The van der Waals surface area contributed by atoms with Crippen molar-refractivity contribution in [1.82, 2.24) is 10.2 Å². The van der Waals surface area contributed by atoms with Crippen LogP contribution in [0.1, 0.15) is 65.2 Å². The lowest BCUT2D eigenvalue weighted by molar-refractivity contribution is 0.0526. The summed E-state index contributed by atoms with van der Waals surface area (Å²) in [5, 5.41) is 3.90. The number of nitrogens with zero attached hydrogens (tertiary/aromatic N) is 1. The first kappa shape index (κ1) is 15.8. The molecule has 1 saturated carbocycles. The summed E-state index contributed by atoms with van der Waals surface area (Å²) in [5.74, 6) is 0.979. The second kappa shape index (κ2) is 6.97. The SMILES string of the molecule is CCC1(CC)CN(CCCC2CCCO2)C(C2CC2)CN1. The van der Waals surface area contributed by atoms with Crippen molar-refractivity contribution in [1.29, 1.82) is 0 Å². The Hall–Kier alpha value is -0.120. The second-order valence-electron chi connectivity index (χ2n) is 7.52. The molecule has 3 fully saturated rings. The van der Waals surface area contributed by atoms with E-state index >= 15 is 0 Å². The third-order valence-corrected chi connectivity index (χ3v) is 6.18. The predicted octanol–water partition coefficient (Wildman–Crippen LogP) is 3.19. The highest BCUT2D eigenvalue weighted by Crippen LogP contribution is 2.38. The van der Waals surface area contributed by atoms with Gasteiger partial charge in [-0.05, 0) is 63.8 Å². The van der Waals surface area contributed by atoms with Gasteiger partial charge in [0.1, 0.15) is 0 Å². The molecule has 0 aromatic rings. The molecular formula is C18H34N2O. The summed E-state index contributed by atoms with van der Waals surface area (Å²) in [6.45, 7) is 9.44. The standard InChI is InChI=1S/C18H34N2O/c1-3-18(4-2)14-20(17(13-19-18)15-9-10-15)11-5-7-16-8-6-12-21-16/h15-17,19H,3-14H2,1-2H3. The topological polar surface area (TPSA) is 24.5 Å². The van der Waals surface area contributed by atoms with Crippen molar-refractivity contribution in [2.24, 2.45) is 5.92 Å². The molecule has 3 nitrogen and oxygen atoms in total. The average molecular weight is 294 g/mol. The van der Waals surface area contributed by atoms with Crippen molar-refractivity contribution < 1.29 is 4.74 Å². The molecule has 0 aromatic carbocycles. The molecule has 2 atom stereocenters. The lowest BCUT2D eigenvalue weighted by atomic mass is 9.87. The zero-order valence-corrected chi connectivity index (χ0v) is 14.1. The molecule has 2 saturated heterocycles. The van der Waals surface area contributed by atoms with Crippen LogP contribution in [0, 0.1) is 5.92 Å². The first-order valence-corrected chi connectivity index (χ1v) is 9.37. The van der Waals surface area contributed by atoms with Crippen LogP contribution in [-0.2, 0) is 4.74 Å². The highest BCUT2D eigenvalue weighted by Gasteiger charge is 2.42. The van der Waals surface area contributed by atoms with Crippen LogP contribution in [0.25, 0.3) is 0 Å². The lowest BCUT2D eigenvalue weighted by Gasteiger charge is -2.48. The van der Waals surface area contributed by atoms with Gasteiger partial charge in [-0.25, -0.2) is 0 Å². The molecule has 0 aromatic heterocycles. The fourth-order valence-electron chi connectivity index (χ4n) is 4.32. The third kappa shape index (κ3) is 3.80. The summed E-state index contributed by atoms with van der Waals surface area (Å²) in [5.41, 5.74) is 0.370. The third-order valence-electron chi connectivity index (χ3n) is 6.18. The van der Waals surface area contributed by atoms with Crippen LogP contribution < -0.4 is 5.32 Å². The van der Waals surface area contributed by atoms with E-state index in [4.69, 9.17) is 4.74 Å². The van der Waals surface area contributed by atoms with Crippen LogP contribution >= 0.6 is 0 Å². The van der Waals surface area contributed by atoms with E-state index in [0.29, 0.717) is 11.6 Å². The van der Waals surface area contributed by atoms with E-state index in [2.05, 4.69) is 24.1 Å². The molecule has 2 unspecified atom stereocenters. The molecule has 122 valence electrons. The summed E-state index contributed by atoms with van der Waals surface area (Å²) < 4.78 is 5.78. The minimum atomic E-state index is 0.370. The number of hydrogen-bond acceptors (Lipinski definition) is 3. The molecule has 1 N–H and O–H groups in total. The van der Waals surface area contributed by atoms with Gasteiger partial charge >= 0.3 is 0 Å². The van der Waals surface area contributed by atoms with Crippen molar-refractivity contribution in [3.63, 3.8) is 0 Å². The van der Waals surface area contributed by atoms with Gasteiger partial charge in [-0.1, -0.05) is 13.8 Å². The summed E-state index contributed by atoms with van der Waals surface area (Å²) in [6.07, 6.45) is 11.1. The van der Waals surface area contributed by atoms with E-state index in [1.807, 2.05) is 0 Å². The van der Waals surface area contributed by atoms with Gasteiger partial charge in [0, 0.05) is 31.3 Å². The molecular weight excluding hydrogens is 260 g/mol. The van der Waals surface area contributed by atoms with Gasteiger partial charge < -0.3 is 10.1 Å². The first-order valence-electron chi connectivity index (χ1n) is 9.37. The highest BCUT2D eigenvalue weighted by molar-refractivity contribution is 5.01. The Labute approximate surface area is 130 Å². The van der Waals surface area contributed by atoms with E-state index < -0.39 is 0 Å². The number of ether oxygens (including phenoxy) is 1.